The van der Waals surface area contributed by atoms with Crippen LogP contribution in [-0.2, 0) is 0 Å². The molecule has 0 saturated heterocycles. The van der Waals surface area contributed by atoms with Gasteiger partial charge in [0.25, 0.3) is 17.1 Å². The van der Waals surface area contributed by atoms with Crippen LogP contribution in [0.25, 0.3) is 5.69 Å². The number of nitrogens with zero attached hydrogens (tertiary/aromatic N) is 3. The minimum absolute atomic E-state index is 0. The van der Waals surface area contributed by atoms with Crippen molar-refractivity contribution in [1.82, 2.24) is 4.68 Å². The molecule has 0 aliphatic rings. The monoisotopic (exact) mass is 281 g/mol. The van der Waals surface area contributed by atoms with Crippen molar-refractivity contribution >= 4 is 0 Å². The summed E-state index contributed by atoms with van der Waals surface area (Å²) < 4.78 is 3.01. The fourth-order valence-corrected chi connectivity index (χ4v) is 1.95. The molecule has 0 bridgehead atoms. The van der Waals surface area contributed by atoms with Crippen LogP contribution in [-0.4, -0.2) is 23.9 Å². The lowest BCUT2D eigenvalue weighted by Crippen LogP contribution is -3.00. The Morgan fingerprint density at radius 3 is 2.32 bits per heavy atom. The first kappa shape index (κ1) is 15.0. The van der Waals surface area contributed by atoms with E-state index in [0.717, 1.165) is 5.56 Å². The molecule has 0 fully saturated rings. The number of aromatic nitrogens is 2. The molecule has 0 aliphatic heterocycles. The average molecular weight is 282 g/mol. The second-order valence-corrected chi connectivity index (χ2v) is 4.28. The van der Waals surface area contributed by atoms with Crippen LogP contribution in [0.3, 0.4) is 0 Å². The molecule has 1 N–H and O–H groups in total. The molecule has 2 heterocycles. The third-order valence-electron chi connectivity index (χ3n) is 2.71. The number of rotatable bonds is 2. The van der Waals surface area contributed by atoms with Crippen LogP contribution in [0.1, 0.15) is 5.56 Å². The van der Waals surface area contributed by atoms with Gasteiger partial charge in [-0.2, -0.15) is 9.24 Å². The van der Waals surface area contributed by atoms with Gasteiger partial charge in [-0.15, -0.1) is 0 Å². The van der Waals surface area contributed by atoms with Gasteiger partial charge >= 0.3 is 0 Å². The average Bonchev–Trinajstić information content (AvgIpc) is 2.28. The summed E-state index contributed by atoms with van der Waals surface area (Å²) in [5.74, 6) is -0.0683. The Labute approximate surface area is 117 Å². The van der Waals surface area contributed by atoms with Gasteiger partial charge < -0.3 is 22.5 Å². The van der Waals surface area contributed by atoms with E-state index in [4.69, 9.17) is 0 Å². The molecular formula is C13H16ClN3O2. The molecule has 19 heavy (non-hydrogen) atoms. The van der Waals surface area contributed by atoms with E-state index in [1.54, 1.807) is 30.6 Å². The fraction of sp³-hybridized carbons (Fsp3) is 0.231. The Hall–Kier alpha value is -2.01. The Morgan fingerprint density at radius 1 is 1.21 bits per heavy atom. The van der Waals surface area contributed by atoms with E-state index >= 15 is 0 Å². The Bertz CT molecular complexity index is 624. The topological polar surface area (TPSA) is 49.4 Å². The van der Waals surface area contributed by atoms with Gasteiger partial charge in [0.15, 0.2) is 12.4 Å². The third-order valence-corrected chi connectivity index (χ3v) is 2.71. The molecule has 0 aliphatic carbocycles. The normalized spacial score (nSPS) is 9.84. The summed E-state index contributed by atoms with van der Waals surface area (Å²) in [5, 5.41) is 11.8. The van der Waals surface area contributed by atoms with Crippen molar-refractivity contribution in [3.05, 3.63) is 52.6 Å². The largest absolute Gasteiger partial charge is 1.00 e. The molecule has 102 valence electrons. The summed E-state index contributed by atoms with van der Waals surface area (Å²) >= 11 is 0. The molecule has 2 aromatic heterocycles. The van der Waals surface area contributed by atoms with Gasteiger partial charge in [0.2, 0.25) is 0 Å². The van der Waals surface area contributed by atoms with Crippen molar-refractivity contribution in [1.29, 1.82) is 0 Å². The van der Waals surface area contributed by atoms with Crippen molar-refractivity contribution in [2.75, 3.05) is 19.1 Å². The predicted molar refractivity (Wildman–Crippen MR) is 68.7 cm³/mol. The molecule has 0 radical (unpaired) electrons. The molecule has 0 spiro atoms. The first-order chi connectivity index (χ1) is 8.52. The summed E-state index contributed by atoms with van der Waals surface area (Å²) in [4.78, 5) is 11.8. The molecule has 2 aromatic rings. The van der Waals surface area contributed by atoms with Crippen LogP contribution in [0.5, 0.6) is 5.88 Å². The summed E-state index contributed by atoms with van der Waals surface area (Å²) in [7, 11) is 3.41. The highest BCUT2D eigenvalue weighted by molar-refractivity contribution is 5.41. The number of halogens is 1. The number of hydrogen-bond donors (Lipinski definition) is 1. The Morgan fingerprint density at radius 2 is 1.79 bits per heavy atom. The molecule has 2 rings (SSSR count). The summed E-state index contributed by atoms with van der Waals surface area (Å²) in [5.41, 5.74) is 1.07. The predicted octanol–water partition coefficient (Wildman–Crippen LogP) is -2.66. The first-order valence-electron chi connectivity index (χ1n) is 5.62. The number of aryl methyl sites for hydroxylation is 1. The number of aromatic hydroxyl groups is 1. The third kappa shape index (κ3) is 2.71. The summed E-state index contributed by atoms with van der Waals surface area (Å²) in [6.07, 6.45) is 3.65. The summed E-state index contributed by atoms with van der Waals surface area (Å²) in [6, 6.07) is 7.13. The summed E-state index contributed by atoms with van der Waals surface area (Å²) in [6.45, 7) is 1.80. The quantitative estimate of drug-likeness (QED) is 0.612. The van der Waals surface area contributed by atoms with Gasteiger partial charge in [-0.05, 0) is 6.92 Å². The second-order valence-electron chi connectivity index (χ2n) is 4.28. The zero-order chi connectivity index (χ0) is 13.3. The van der Waals surface area contributed by atoms with Gasteiger partial charge in [-0.25, -0.2) is 0 Å². The zero-order valence-electron chi connectivity index (χ0n) is 11.0. The molecular weight excluding hydrogens is 266 g/mol. The van der Waals surface area contributed by atoms with Crippen LogP contribution in [0.4, 0.5) is 0 Å². The molecule has 0 atom stereocenters. The Balaban J connectivity index is 0.00000180. The Kier molecular flexibility index (Phi) is 4.56. The van der Waals surface area contributed by atoms with Crippen molar-refractivity contribution in [3.63, 3.8) is 0 Å². The lowest BCUT2D eigenvalue weighted by atomic mass is 10.2. The van der Waals surface area contributed by atoms with E-state index in [0.29, 0.717) is 5.69 Å². The van der Waals surface area contributed by atoms with E-state index in [1.165, 1.54) is 10.7 Å². The van der Waals surface area contributed by atoms with Crippen molar-refractivity contribution in [2.24, 2.45) is 0 Å². The van der Waals surface area contributed by atoms with Crippen molar-refractivity contribution in [3.8, 4) is 11.6 Å². The molecule has 0 saturated carbocycles. The van der Waals surface area contributed by atoms with Crippen LogP contribution >= 0.6 is 0 Å². The van der Waals surface area contributed by atoms with E-state index in [-0.39, 0.29) is 23.8 Å². The minimum Gasteiger partial charge on any atom is -1.00 e. The molecule has 0 aromatic carbocycles. The van der Waals surface area contributed by atoms with Crippen LogP contribution in [0, 0.1) is 6.92 Å². The van der Waals surface area contributed by atoms with Gasteiger partial charge in [0.05, 0.1) is 0 Å². The lowest BCUT2D eigenvalue weighted by Gasteiger charge is -2.17. The molecule has 0 unspecified atom stereocenters. The highest BCUT2D eigenvalue weighted by Gasteiger charge is 2.21. The van der Waals surface area contributed by atoms with Gasteiger partial charge in [-0.1, -0.05) is 6.07 Å². The van der Waals surface area contributed by atoms with Gasteiger partial charge in [-0.3, -0.25) is 4.79 Å². The maximum atomic E-state index is 11.8. The number of hydrogen-bond acceptors (Lipinski definition) is 3. The van der Waals surface area contributed by atoms with E-state index < -0.39 is 0 Å². The molecule has 6 heteroatoms. The highest BCUT2D eigenvalue weighted by Crippen LogP contribution is 2.17. The standard InChI is InChI=1S/C13H15N3O2.ClH/c1-10-9-11(17)16(14(2)3)13(18)12(10)15-7-5-4-6-8-15;/h4-9H,1-3H3;1H. The number of pyridine rings is 2. The first-order valence-corrected chi connectivity index (χ1v) is 5.62. The highest BCUT2D eigenvalue weighted by atomic mass is 35.5. The minimum atomic E-state index is -0.254. The van der Waals surface area contributed by atoms with Crippen LogP contribution < -0.4 is 27.5 Å². The van der Waals surface area contributed by atoms with Crippen LogP contribution in [0.15, 0.2) is 41.5 Å². The van der Waals surface area contributed by atoms with Crippen molar-refractivity contribution < 1.29 is 22.1 Å². The van der Waals surface area contributed by atoms with Gasteiger partial charge in [0.1, 0.15) is 0 Å². The smallest absolute Gasteiger partial charge is 0.288 e. The van der Waals surface area contributed by atoms with E-state index in [1.807, 2.05) is 30.6 Å². The maximum absolute atomic E-state index is 11.8. The van der Waals surface area contributed by atoms with Crippen LogP contribution in [0.2, 0.25) is 0 Å². The zero-order valence-corrected chi connectivity index (χ0v) is 11.8. The fourth-order valence-electron chi connectivity index (χ4n) is 1.95. The van der Waals surface area contributed by atoms with Gasteiger partial charge in [0, 0.05) is 37.9 Å². The van der Waals surface area contributed by atoms with E-state index in [2.05, 4.69) is 0 Å². The SMILES string of the molecule is Cc1cc(=O)n(N(C)C)c(O)c1-[n+]1ccccc1.[Cl-]. The van der Waals surface area contributed by atoms with E-state index in [9.17, 15) is 9.90 Å². The molecule has 0 amide bonds. The lowest BCUT2D eigenvalue weighted by molar-refractivity contribution is -0.597. The molecule has 5 nitrogen and oxygen atoms in total. The second kappa shape index (κ2) is 5.75. The maximum Gasteiger partial charge on any atom is 0.288 e. The van der Waals surface area contributed by atoms with Crippen molar-refractivity contribution in [2.45, 2.75) is 6.92 Å².